The highest BCUT2D eigenvalue weighted by atomic mass is 16.7. The summed E-state index contributed by atoms with van der Waals surface area (Å²) < 4.78 is 18.7. The Morgan fingerprint density at radius 1 is 1.02 bits per heavy atom. The Kier molecular flexibility index (Phi) is 12.1. The molecule has 2 bridgehead atoms. The molecule has 54 heavy (non-hydrogen) atoms. The standard InChI is InChI=1S/C41H66N4O9/c1-23(2)24(3)37(5)16-17-39(7)26-12-13-30-38(6)21-51-22-41(30,27(26)14-15-40(39,8)33(37)35(48)49)20-29(52-25(4)46)34(38)53-32(47)19-31(44)45-54-36(50)28(43)11-9-10-18-42/h14,23-24,26,28-30,33-34H,9-13,15-22,42-43H2,1-8H3,(H2,44,45)(H,48,49)/t24-,26+,28?,29-,30+,33-,34+,37-,38-,39-,40+,41+/m1/s1. The average molecular weight is 759 g/mol. The van der Waals surface area contributed by atoms with Crippen LogP contribution >= 0.6 is 0 Å². The summed E-state index contributed by atoms with van der Waals surface area (Å²) in [4.78, 5) is 56.7. The Labute approximate surface area is 320 Å². The van der Waals surface area contributed by atoms with E-state index in [0.717, 1.165) is 32.1 Å². The SMILES string of the molecule is CC(=O)O[C@@H]1C[C@@]23COC[C@](C)([C@@H]2CC[C@H]2C3=CC[C@@]3(C)[C@H](C(=O)O)[C@@](C)([C@H](C)C(C)C)CC[C@]23C)[C@H]1OC(=O)C/C(N)=N/OC(=O)C(N)CCCCN. The van der Waals surface area contributed by atoms with E-state index in [1.54, 1.807) is 0 Å². The molecule has 0 aromatic heterocycles. The maximum absolute atomic E-state index is 13.5. The number of carboxylic acids is 1. The number of allylic oxidation sites excluding steroid dienone is 1. The van der Waals surface area contributed by atoms with E-state index in [9.17, 15) is 24.3 Å². The lowest BCUT2D eigenvalue weighted by Gasteiger charge is -2.71. The quantitative estimate of drug-likeness (QED) is 0.0368. The van der Waals surface area contributed by atoms with Gasteiger partial charge in [-0.3, -0.25) is 14.4 Å². The Bertz CT molecular complexity index is 1530. The highest BCUT2D eigenvalue weighted by Gasteiger charge is 2.72. The van der Waals surface area contributed by atoms with Gasteiger partial charge in [0.1, 0.15) is 24.7 Å². The molecule has 0 spiro atoms. The number of nitrogens with two attached hydrogens (primary N) is 3. The summed E-state index contributed by atoms with van der Waals surface area (Å²) in [5, 5.41) is 14.6. The molecule has 4 fully saturated rings. The van der Waals surface area contributed by atoms with Crippen LogP contribution in [0.5, 0.6) is 0 Å². The van der Waals surface area contributed by atoms with E-state index >= 15 is 0 Å². The molecule has 1 aliphatic heterocycles. The lowest BCUT2D eigenvalue weighted by Crippen LogP contribution is -2.70. The van der Waals surface area contributed by atoms with Crippen LogP contribution in [0, 0.1) is 56.7 Å². The van der Waals surface area contributed by atoms with Crippen LogP contribution in [0.2, 0.25) is 0 Å². The van der Waals surface area contributed by atoms with Gasteiger partial charge in [-0.15, -0.1) is 0 Å². The number of carboxylic acid groups (broad SMARTS) is 1. The first kappa shape index (κ1) is 42.1. The van der Waals surface area contributed by atoms with Crippen LogP contribution in [0.1, 0.15) is 120 Å². The van der Waals surface area contributed by atoms with Gasteiger partial charge in [0.25, 0.3) is 0 Å². The number of unbranched alkanes of at least 4 members (excludes halogenated alkanes) is 1. The highest BCUT2D eigenvalue weighted by Crippen LogP contribution is 2.75. The molecule has 3 saturated carbocycles. The lowest BCUT2D eigenvalue weighted by atomic mass is 9.34. The first-order valence-electron chi connectivity index (χ1n) is 20.1. The minimum atomic E-state index is -0.894. The predicted octanol–water partition coefficient (Wildman–Crippen LogP) is 5.08. The monoisotopic (exact) mass is 758 g/mol. The molecule has 5 rings (SSSR count). The van der Waals surface area contributed by atoms with Crippen LogP contribution in [0.25, 0.3) is 0 Å². The van der Waals surface area contributed by atoms with E-state index < -0.39 is 70.7 Å². The molecule has 4 aliphatic carbocycles. The van der Waals surface area contributed by atoms with Gasteiger partial charge in [-0.05, 0) is 97.8 Å². The summed E-state index contributed by atoms with van der Waals surface area (Å²) in [6.07, 6.45) is 6.57. The van der Waals surface area contributed by atoms with E-state index in [1.165, 1.54) is 12.5 Å². The van der Waals surface area contributed by atoms with Crippen molar-refractivity contribution in [3.63, 3.8) is 0 Å². The van der Waals surface area contributed by atoms with Crippen LogP contribution in [-0.2, 0) is 38.2 Å². The molecule has 0 amide bonds. The van der Waals surface area contributed by atoms with Crippen molar-refractivity contribution in [2.75, 3.05) is 19.8 Å². The second-order valence-corrected chi connectivity index (χ2v) is 18.7. The molecule has 12 atom stereocenters. The number of nitrogens with zero attached hydrogens (tertiary/aromatic N) is 1. The maximum atomic E-state index is 13.5. The lowest BCUT2D eigenvalue weighted by molar-refractivity contribution is -0.262. The summed E-state index contributed by atoms with van der Waals surface area (Å²) in [7, 11) is 0. The number of oxime groups is 1. The van der Waals surface area contributed by atoms with Crippen molar-refractivity contribution >= 4 is 29.7 Å². The molecule has 1 unspecified atom stereocenters. The van der Waals surface area contributed by atoms with Crippen molar-refractivity contribution in [3.05, 3.63) is 11.6 Å². The molecule has 5 aliphatic rings. The van der Waals surface area contributed by atoms with Crippen molar-refractivity contribution in [2.24, 2.45) is 79.0 Å². The van der Waals surface area contributed by atoms with Gasteiger partial charge in [0.05, 0.1) is 19.1 Å². The van der Waals surface area contributed by atoms with Gasteiger partial charge in [-0.2, -0.15) is 0 Å². The number of amidine groups is 1. The second kappa shape index (κ2) is 15.5. The molecule has 7 N–H and O–H groups in total. The van der Waals surface area contributed by atoms with Crippen LogP contribution in [0.3, 0.4) is 0 Å². The number of carbonyl (C=O) groups excluding carboxylic acids is 3. The van der Waals surface area contributed by atoms with Crippen molar-refractivity contribution in [2.45, 2.75) is 138 Å². The van der Waals surface area contributed by atoms with Crippen molar-refractivity contribution in [3.8, 4) is 0 Å². The van der Waals surface area contributed by atoms with E-state index in [4.69, 9.17) is 36.2 Å². The first-order chi connectivity index (χ1) is 25.2. The number of carbonyl (C=O) groups is 4. The molecule has 13 nitrogen and oxygen atoms in total. The van der Waals surface area contributed by atoms with Crippen molar-refractivity contribution < 1.29 is 43.3 Å². The third-order valence-electron chi connectivity index (χ3n) is 15.5. The van der Waals surface area contributed by atoms with Gasteiger partial charge in [0.15, 0.2) is 5.84 Å². The smallest absolute Gasteiger partial charge is 0.351 e. The van der Waals surface area contributed by atoms with E-state index in [0.29, 0.717) is 51.4 Å². The maximum Gasteiger partial charge on any atom is 0.351 e. The molecule has 304 valence electrons. The van der Waals surface area contributed by atoms with Gasteiger partial charge in [-0.25, -0.2) is 4.79 Å². The highest BCUT2D eigenvalue weighted by molar-refractivity contribution is 5.96. The molecule has 1 heterocycles. The number of ether oxygens (including phenoxy) is 3. The Hall–Kier alpha value is -3.03. The number of esters is 2. The fraction of sp³-hybridized carbons (Fsp3) is 0.829. The molecule has 0 aromatic rings. The van der Waals surface area contributed by atoms with Gasteiger partial charge >= 0.3 is 23.9 Å². The van der Waals surface area contributed by atoms with E-state index in [1.807, 2.05) is 0 Å². The van der Waals surface area contributed by atoms with Crippen molar-refractivity contribution in [1.82, 2.24) is 0 Å². The Morgan fingerprint density at radius 2 is 1.72 bits per heavy atom. The molecular weight excluding hydrogens is 692 g/mol. The summed E-state index contributed by atoms with van der Waals surface area (Å²) >= 11 is 0. The zero-order valence-electron chi connectivity index (χ0n) is 33.8. The van der Waals surface area contributed by atoms with Gasteiger partial charge in [-0.1, -0.05) is 71.7 Å². The van der Waals surface area contributed by atoms with Crippen molar-refractivity contribution in [1.29, 1.82) is 0 Å². The molecule has 1 saturated heterocycles. The molecule has 13 heteroatoms. The Balaban J connectivity index is 1.42. The fourth-order valence-corrected chi connectivity index (χ4v) is 12.3. The molecule has 0 radical (unpaired) electrons. The molecule has 0 aromatic carbocycles. The summed E-state index contributed by atoms with van der Waals surface area (Å²) in [6.45, 7) is 18.0. The van der Waals surface area contributed by atoms with Crippen LogP contribution in [0.15, 0.2) is 16.8 Å². The molecular formula is C41H66N4O9. The second-order valence-electron chi connectivity index (χ2n) is 18.7. The van der Waals surface area contributed by atoms with Gasteiger partial charge < -0.3 is 41.4 Å². The normalized spacial score (nSPS) is 39.9. The van der Waals surface area contributed by atoms with E-state index in [-0.39, 0.29) is 34.4 Å². The number of hydrogen-bond donors (Lipinski definition) is 4. The number of hydrogen-bond acceptors (Lipinski definition) is 11. The average Bonchev–Trinajstić information content (AvgIpc) is 3.08. The first-order valence-corrected chi connectivity index (χ1v) is 20.1. The number of aliphatic carboxylic acids is 1. The van der Waals surface area contributed by atoms with Gasteiger partial charge in [0.2, 0.25) is 0 Å². The third-order valence-corrected chi connectivity index (χ3v) is 15.5. The topological polar surface area (TPSA) is 216 Å². The minimum Gasteiger partial charge on any atom is -0.481 e. The summed E-state index contributed by atoms with van der Waals surface area (Å²) in [6, 6.07) is -0.894. The number of rotatable bonds is 13. The predicted molar refractivity (Wildman–Crippen MR) is 202 cm³/mol. The number of fused-ring (bicyclic) bond motifs is 3. The summed E-state index contributed by atoms with van der Waals surface area (Å²) in [5.41, 5.74) is 16.4. The summed E-state index contributed by atoms with van der Waals surface area (Å²) in [5.74, 6) is -2.64. The van der Waals surface area contributed by atoms with Crippen LogP contribution < -0.4 is 17.2 Å². The fourth-order valence-electron chi connectivity index (χ4n) is 12.3. The zero-order valence-corrected chi connectivity index (χ0v) is 33.8. The van der Waals surface area contributed by atoms with Gasteiger partial charge in [0, 0.05) is 17.8 Å². The largest absolute Gasteiger partial charge is 0.481 e. The third kappa shape index (κ3) is 6.99. The van der Waals surface area contributed by atoms with Crippen LogP contribution in [0.4, 0.5) is 0 Å². The minimum absolute atomic E-state index is 0.0524. The van der Waals surface area contributed by atoms with Crippen LogP contribution in [-0.4, -0.2) is 72.8 Å². The van der Waals surface area contributed by atoms with E-state index in [2.05, 4.69) is 59.7 Å². The zero-order chi connectivity index (χ0) is 40.0. The Morgan fingerprint density at radius 3 is 2.35 bits per heavy atom.